The van der Waals surface area contributed by atoms with Gasteiger partial charge in [0.2, 0.25) is 11.6 Å². The van der Waals surface area contributed by atoms with Gasteiger partial charge in [-0.25, -0.2) is 0 Å². The number of benzene rings is 1. The number of carbonyl (C=O) groups excluding carboxylic acids is 4. The molecular formula is C26H33N3O7. The van der Waals surface area contributed by atoms with Gasteiger partial charge in [0.15, 0.2) is 17.3 Å². The smallest absolute Gasteiger partial charge is 0.256 e. The summed E-state index contributed by atoms with van der Waals surface area (Å²) in [6, 6.07) is 1.82. The van der Waals surface area contributed by atoms with Gasteiger partial charge in [-0.1, -0.05) is 20.8 Å². The van der Waals surface area contributed by atoms with E-state index in [2.05, 4.69) is 26.1 Å². The highest BCUT2D eigenvalue weighted by Crippen LogP contribution is 2.42. The molecule has 3 rings (SSSR count). The predicted octanol–water partition coefficient (Wildman–Crippen LogP) is 1.99. The topological polar surface area (TPSA) is 170 Å². The number of nitrogens with one attached hydrogen (secondary N) is 1. The van der Waals surface area contributed by atoms with Crippen LogP contribution in [0.15, 0.2) is 28.7 Å². The molecule has 6 N–H and O–H groups in total. The third kappa shape index (κ3) is 5.13. The van der Waals surface area contributed by atoms with Crippen LogP contribution < -0.4 is 16.0 Å². The Kier molecular flexibility index (Phi) is 7.31. The van der Waals surface area contributed by atoms with E-state index < -0.39 is 40.5 Å². The van der Waals surface area contributed by atoms with E-state index in [-0.39, 0.29) is 47.3 Å². The Labute approximate surface area is 209 Å². The van der Waals surface area contributed by atoms with Crippen molar-refractivity contribution in [1.29, 1.82) is 0 Å². The second kappa shape index (κ2) is 9.77. The van der Waals surface area contributed by atoms with E-state index in [0.29, 0.717) is 24.2 Å². The number of hydrogen-bond donors (Lipinski definition) is 5. The van der Waals surface area contributed by atoms with Gasteiger partial charge >= 0.3 is 0 Å². The molecular weight excluding hydrogens is 466 g/mol. The molecule has 0 fully saturated rings. The number of ketones is 3. The van der Waals surface area contributed by atoms with Crippen LogP contribution in [0.25, 0.3) is 0 Å². The van der Waals surface area contributed by atoms with Gasteiger partial charge in [-0.3, -0.25) is 19.2 Å². The second-order valence-electron chi connectivity index (χ2n) is 10.8. The Morgan fingerprint density at radius 3 is 2.28 bits per heavy atom. The average Bonchev–Trinajstić information content (AvgIpc) is 2.75. The number of nitrogens with two attached hydrogens (primary N) is 1. The van der Waals surface area contributed by atoms with Gasteiger partial charge in [0.05, 0.1) is 5.56 Å². The number of aliphatic hydroxyl groups excluding tert-OH is 2. The van der Waals surface area contributed by atoms with E-state index >= 15 is 0 Å². The molecule has 2 aliphatic carbocycles. The number of rotatable bonds is 7. The van der Waals surface area contributed by atoms with Crippen LogP contribution >= 0.6 is 0 Å². The van der Waals surface area contributed by atoms with Crippen LogP contribution in [0.1, 0.15) is 55.1 Å². The molecule has 10 heteroatoms. The summed E-state index contributed by atoms with van der Waals surface area (Å²) in [5.74, 6) is -6.60. The van der Waals surface area contributed by atoms with Crippen molar-refractivity contribution < 1.29 is 34.5 Å². The molecule has 36 heavy (non-hydrogen) atoms. The number of nitrogens with zero attached hydrogens (tertiary/aromatic N) is 1. The Morgan fingerprint density at radius 2 is 1.72 bits per heavy atom. The molecule has 2 aliphatic rings. The minimum absolute atomic E-state index is 0.0389. The maximum absolute atomic E-state index is 13.2. The molecule has 0 aliphatic heterocycles. The first-order valence-corrected chi connectivity index (χ1v) is 11.7. The summed E-state index contributed by atoms with van der Waals surface area (Å²) in [6.45, 7) is 7.34. The Morgan fingerprint density at radius 1 is 1.08 bits per heavy atom. The second-order valence-corrected chi connectivity index (χ2v) is 10.8. The Balaban J connectivity index is 1.94. The lowest BCUT2D eigenvalue weighted by molar-refractivity contribution is -0.124. The van der Waals surface area contributed by atoms with Crippen LogP contribution in [0, 0.1) is 11.3 Å². The van der Waals surface area contributed by atoms with Gasteiger partial charge in [-0.05, 0) is 35.8 Å². The number of allylic oxidation sites excluding steroid dienone is 2. The molecule has 0 radical (unpaired) electrons. The first-order valence-electron chi connectivity index (χ1n) is 11.7. The minimum Gasteiger partial charge on any atom is -0.507 e. The van der Waals surface area contributed by atoms with E-state index in [9.17, 15) is 34.5 Å². The van der Waals surface area contributed by atoms with Gasteiger partial charge < -0.3 is 31.3 Å². The fourth-order valence-electron chi connectivity index (χ4n) is 4.67. The third-order valence-electron chi connectivity index (χ3n) is 6.35. The van der Waals surface area contributed by atoms with Gasteiger partial charge in [-0.15, -0.1) is 0 Å². The van der Waals surface area contributed by atoms with Gasteiger partial charge in [-0.2, -0.15) is 0 Å². The van der Waals surface area contributed by atoms with Crippen molar-refractivity contribution in [2.75, 3.05) is 25.5 Å². The quantitative estimate of drug-likeness (QED) is 0.278. The summed E-state index contributed by atoms with van der Waals surface area (Å²) in [4.78, 5) is 51.4. The molecule has 194 valence electrons. The lowest BCUT2D eigenvalue weighted by atomic mass is 9.76. The molecule has 1 amide bonds. The van der Waals surface area contributed by atoms with E-state index in [1.54, 1.807) is 0 Å². The van der Waals surface area contributed by atoms with E-state index in [4.69, 9.17) is 5.73 Å². The summed E-state index contributed by atoms with van der Waals surface area (Å²) in [7, 11) is 3.64. The molecule has 10 nitrogen and oxygen atoms in total. The highest BCUT2D eigenvalue weighted by molar-refractivity contribution is 6.33. The normalized spacial score (nSPS) is 18.6. The number of aliphatic hydroxyl groups is 2. The number of phenolic OH excluding ortho intramolecular Hbond substituents is 1. The van der Waals surface area contributed by atoms with Crippen LogP contribution in [0.4, 0.5) is 5.69 Å². The number of carbonyl (C=O) groups is 4. The fraction of sp³-hybridized carbons (Fsp3) is 0.462. The molecule has 1 aromatic carbocycles. The van der Waals surface area contributed by atoms with Gasteiger partial charge in [0.1, 0.15) is 11.3 Å². The summed E-state index contributed by atoms with van der Waals surface area (Å²) in [5, 5.41) is 34.7. The number of primary amides is 1. The average molecular weight is 500 g/mol. The molecule has 0 heterocycles. The standard InChI is InChI=1S/C26H33N3O7/c1-26(2,3)11-28-10-13-9-16(29(4)5)14-6-12(8-17(30)18(14)20(13)31)7-15-21(32)23(34)19(25(27)36)24(35)22(15)33/h9,12,28,31-32,35H,6-8,10-11H2,1-5H3,(H2,27,36). The van der Waals surface area contributed by atoms with Gasteiger partial charge in [0, 0.05) is 50.4 Å². The monoisotopic (exact) mass is 499 g/mol. The van der Waals surface area contributed by atoms with E-state index in [0.717, 1.165) is 5.69 Å². The number of hydrogen-bond acceptors (Lipinski definition) is 9. The SMILES string of the molecule is CN(C)c1cc(CNCC(C)(C)C)c(O)c2c1CC(CC1=C(O)C(=O)C(C(N)=O)=C(O)C1=O)CC2=O. The fourth-order valence-corrected chi connectivity index (χ4v) is 4.67. The maximum atomic E-state index is 13.2. The van der Waals surface area contributed by atoms with E-state index in [1.807, 2.05) is 25.1 Å². The van der Waals surface area contributed by atoms with Crippen molar-refractivity contribution in [1.82, 2.24) is 5.32 Å². The first kappa shape index (κ1) is 26.9. The summed E-state index contributed by atoms with van der Waals surface area (Å²) in [5.41, 5.74) is 5.92. The predicted molar refractivity (Wildman–Crippen MR) is 133 cm³/mol. The first-order chi connectivity index (χ1) is 16.6. The zero-order valence-corrected chi connectivity index (χ0v) is 21.2. The van der Waals surface area contributed by atoms with Crippen LogP contribution in [0.5, 0.6) is 5.75 Å². The number of amides is 1. The summed E-state index contributed by atoms with van der Waals surface area (Å²) in [6.07, 6.45) is 0.0567. The van der Waals surface area contributed by atoms with Crippen molar-refractivity contribution in [2.45, 2.75) is 46.6 Å². The summed E-state index contributed by atoms with van der Waals surface area (Å²) >= 11 is 0. The van der Waals surface area contributed by atoms with Crippen LogP contribution in [-0.2, 0) is 27.3 Å². The van der Waals surface area contributed by atoms with Crippen molar-refractivity contribution in [2.24, 2.45) is 17.1 Å². The molecule has 1 atom stereocenters. The van der Waals surface area contributed by atoms with Crippen molar-refractivity contribution in [3.05, 3.63) is 45.4 Å². The minimum atomic E-state index is -1.32. The van der Waals surface area contributed by atoms with Gasteiger partial charge in [0.25, 0.3) is 5.91 Å². The molecule has 1 unspecified atom stereocenters. The third-order valence-corrected chi connectivity index (χ3v) is 6.35. The van der Waals surface area contributed by atoms with Crippen LogP contribution in [0.3, 0.4) is 0 Å². The highest BCUT2D eigenvalue weighted by atomic mass is 16.3. The summed E-state index contributed by atoms with van der Waals surface area (Å²) < 4.78 is 0. The van der Waals surface area contributed by atoms with Crippen molar-refractivity contribution in [3.8, 4) is 5.75 Å². The molecule has 0 saturated carbocycles. The largest absolute Gasteiger partial charge is 0.507 e. The number of Topliss-reactive ketones (excluding diaryl/α,β-unsaturated/α-hetero) is 3. The van der Waals surface area contributed by atoms with Crippen LogP contribution in [-0.4, -0.2) is 59.2 Å². The zero-order valence-electron chi connectivity index (χ0n) is 21.2. The molecule has 0 spiro atoms. The Hall–Kier alpha value is -3.66. The molecule has 0 saturated heterocycles. The lowest BCUT2D eigenvalue weighted by Gasteiger charge is -2.30. The number of aromatic hydroxyl groups is 1. The molecule has 0 bridgehead atoms. The lowest BCUT2D eigenvalue weighted by Crippen LogP contribution is -2.33. The Bertz CT molecular complexity index is 1220. The van der Waals surface area contributed by atoms with Crippen LogP contribution in [0.2, 0.25) is 0 Å². The molecule has 0 aromatic heterocycles. The van der Waals surface area contributed by atoms with Crippen molar-refractivity contribution in [3.63, 3.8) is 0 Å². The molecule has 1 aromatic rings. The number of fused-ring (bicyclic) bond motifs is 1. The maximum Gasteiger partial charge on any atom is 0.256 e. The zero-order chi connectivity index (χ0) is 27.1. The van der Waals surface area contributed by atoms with Crippen molar-refractivity contribution >= 4 is 28.9 Å². The highest BCUT2D eigenvalue weighted by Gasteiger charge is 2.40. The number of anilines is 1. The van der Waals surface area contributed by atoms with E-state index in [1.165, 1.54) is 0 Å². The number of phenols is 1.